The molecule has 1 aromatic heterocycles. The molecule has 3 atom stereocenters. The van der Waals surface area contributed by atoms with Crippen molar-refractivity contribution in [3.63, 3.8) is 0 Å². The molecule has 3 amide bonds. The van der Waals surface area contributed by atoms with E-state index in [1.54, 1.807) is 42.6 Å². The Balaban J connectivity index is 0.00000141. The van der Waals surface area contributed by atoms with E-state index in [0.29, 0.717) is 17.5 Å². The Kier molecular flexibility index (Phi) is 15.8. The van der Waals surface area contributed by atoms with Gasteiger partial charge in [-0.05, 0) is 42.9 Å². The summed E-state index contributed by atoms with van der Waals surface area (Å²) in [5, 5.41) is 29.0. The number of aliphatic carboxylic acids is 2. The van der Waals surface area contributed by atoms with Gasteiger partial charge in [0.05, 0.1) is 5.92 Å². The molecule has 1 aromatic carbocycles. The molecular weight excluding hydrogens is 631 g/mol. The van der Waals surface area contributed by atoms with Crippen LogP contribution in [0.3, 0.4) is 0 Å². The normalized spacial score (nSPS) is 12.6. The molecule has 1 heterocycles. The number of nitrogens with two attached hydrogens (primary N) is 4. The van der Waals surface area contributed by atoms with E-state index in [2.05, 4.69) is 20.6 Å². The van der Waals surface area contributed by atoms with Crippen LogP contribution >= 0.6 is 0 Å². The monoisotopic (exact) mass is 667 g/mol. The van der Waals surface area contributed by atoms with E-state index >= 15 is 0 Å². The summed E-state index contributed by atoms with van der Waals surface area (Å²) < 4.78 is 31.7. The minimum atomic E-state index is -5.08. The van der Waals surface area contributed by atoms with Gasteiger partial charge in [0, 0.05) is 30.9 Å². The fourth-order valence-corrected chi connectivity index (χ4v) is 3.87. The van der Waals surface area contributed by atoms with E-state index in [-0.39, 0.29) is 37.6 Å². The molecule has 256 valence electrons. The predicted molar refractivity (Wildman–Crippen MR) is 162 cm³/mol. The lowest BCUT2D eigenvalue weighted by atomic mass is 9.91. The summed E-state index contributed by atoms with van der Waals surface area (Å²) >= 11 is 0. The molecule has 2 rings (SSSR count). The number of amides is 3. The maximum atomic E-state index is 13.5. The van der Waals surface area contributed by atoms with Crippen molar-refractivity contribution in [1.82, 2.24) is 15.6 Å². The van der Waals surface area contributed by atoms with E-state index in [1.165, 1.54) is 6.20 Å². The number of carboxylic acids is 2. The number of carboxylic acid groups (broad SMARTS) is 2. The number of hydrogen-bond donors (Lipinski definition) is 9. The number of carbonyl (C=O) groups excluding carboxylic acids is 3. The summed E-state index contributed by atoms with van der Waals surface area (Å²) in [4.78, 5) is 66.7. The Labute approximate surface area is 266 Å². The first kappa shape index (κ1) is 39.3. The molecule has 0 aliphatic heterocycles. The van der Waals surface area contributed by atoms with Crippen LogP contribution < -0.4 is 33.6 Å². The summed E-state index contributed by atoms with van der Waals surface area (Å²) in [6.45, 7) is 0.210. The largest absolute Gasteiger partial charge is 0.490 e. The lowest BCUT2D eigenvalue weighted by Gasteiger charge is -2.24. The van der Waals surface area contributed by atoms with Gasteiger partial charge in [-0.3, -0.25) is 34.6 Å². The number of guanidine groups is 1. The number of halogens is 3. The first-order chi connectivity index (χ1) is 21.9. The number of alkyl halides is 3. The number of nitrogens with one attached hydrogen (secondary N) is 3. The molecule has 1 unspecified atom stereocenters. The highest BCUT2D eigenvalue weighted by molar-refractivity contribution is 5.95. The van der Waals surface area contributed by atoms with Gasteiger partial charge in [-0.2, -0.15) is 13.2 Å². The molecule has 16 nitrogen and oxygen atoms in total. The summed E-state index contributed by atoms with van der Waals surface area (Å²) in [7, 11) is 0. The highest BCUT2D eigenvalue weighted by Crippen LogP contribution is 2.22. The summed E-state index contributed by atoms with van der Waals surface area (Å²) in [5.41, 5.74) is 23.4. The second-order valence-corrected chi connectivity index (χ2v) is 9.86. The summed E-state index contributed by atoms with van der Waals surface area (Å²) in [6.07, 6.45) is -1.94. The molecule has 0 radical (unpaired) electrons. The molecule has 0 aliphatic carbocycles. The molecular formula is C28H36F3N9O7. The van der Waals surface area contributed by atoms with Gasteiger partial charge in [-0.15, -0.1) is 0 Å². The van der Waals surface area contributed by atoms with Crippen LogP contribution in [-0.2, 0) is 30.4 Å². The first-order valence-electron chi connectivity index (χ1n) is 13.7. The van der Waals surface area contributed by atoms with Gasteiger partial charge < -0.3 is 43.8 Å². The third kappa shape index (κ3) is 15.2. The van der Waals surface area contributed by atoms with E-state index in [9.17, 15) is 37.5 Å². The number of nitrogens with zero attached hydrogens (tertiary/aromatic N) is 2. The Bertz CT molecular complexity index is 1420. The highest BCUT2D eigenvalue weighted by Gasteiger charge is 2.38. The van der Waals surface area contributed by atoms with Crippen LogP contribution in [0, 0.1) is 5.41 Å². The van der Waals surface area contributed by atoms with Crippen LogP contribution in [0.1, 0.15) is 48.3 Å². The fourth-order valence-electron chi connectivity index (χ4n) is 3.87. The van der Waals surface area contributed by atoms with Gasteiger partial charge in [-0.1, -0.05) is 30.3 Å². The molecule has 2 aromatic rings. The van der Waals surface area contributed by atoms with Crippen molar-refractivity contribution in [1.29, 1.82) is 5.41 Å². The molecule has 19 heteroatoms. The Morgan fingerprint density at radius 3 is 1.98 bits per heavy atom. The lowest BCUT2D eigenvalue weighted by Crippen LogP contribution is -2.53. The van der Waals surface area contributed by atoms with E-state index < -0.39 is 60.3 Å². The average molecular weight is 668 g/mol. The van der Waals surface area contributed by atoms with Crippen LogP contribution in [0.2, 0.25) is 0 Å². The Morgan fingerprint density at radius 2 is 1.51 bits per heavy atom. The lowest BCUT2D eigenvalue weighted by molar-refractivity contribution is -0.192. The third-order valence-corrected chi connectivity index (χ3v) is 6.24. The molecule has 0 aliphatic rings. The van der Waals surface area contributed by atoms with Crippen molar-refractivity contribution in [2.24, 2.45) is 27.9 Å². The Morgan fingerprint density at radius 1 is 0.915 bits per heavy atom. The molecule has 0 saturated heterocycles. The van der Waals surface area contributed by atoms with Crippen LogP contribution in [0.15, 0.2) is 53.8 Å². The molecule has 0 bridgehead atoms. The molecule has 0 spiro atoms. The average Bonchev–Trinajstić information content (AvgIpc) is 2.99. The number of pyridine rings is 1. The Hall–Kier alpha value is -5.75. The summed E-state index contributed by atoms with van der Waals surface area (Å²) in [5.74, 6) is -7.02. The number of rotatable bonds is 16. The van der Waals surface area contributed by atoms with Crippen LogP contribution in [0.5, 0.6) is 0 Å². The van der Waals surface area contributed by atoms with Crippen molar-refractivity contribution in [3.05, 3.63) is 65.5 Å². The zero-order valence-electron chi connectivity index (χ0n) is 24.9. The van der Waals surface area contributed by atoms with Crippen LogP contribution in [0.4, 0.5) is 13.2 Å². The van der Waals surface area contributed by atoms with Crippen molar-refractivity contribution in [2.45, 2.75) is 56.3 Å². The van der Waals surface area contributed by atoms with E-state index in [1.807, 2.05) is 0 Å². The number of nitrogen functional groups attached to an aromatic ring is 1. The number of benzene rings is 1. The van der Waals surface area contributed by atoms with Gasteiger partial charge in [0.15, 0.2) is 5.96 Å². The minimum absolute atomic E-state index is 0.0918. The highest BCUT2D eigenvalue weighted by atomic mass is 19.4. The third-order valence-electron chi connectivity index (χ3n) is 6.24. The van der Waals surface area contributed by atoms with Crippen LogP contribution in [-0.4, -0.2) is 81.5 Å². The zero-order valence-corrected chi connectivity index (χ0v) is 24.9. The smallest absolute Gasteiger partial charge is 0.481 e. The van der Waals surface area contributed by atoms with Crippen molar-refractivity contribution >= 4 is 41.5 Å². The van der Waals surface area contributed by atoms with Gasteiger partial charge in [0.2, 0.25) is 17.7 Å². The standard InChI is InChI=1S/C26H35N9O5.C2HF3O2/c27-22(28)16-7-5-15(6-8-16)13-18(17-3-1-11-32-14-17)24(39)35-20(9-10-21(36)37)25(40)34-19(23(29)38)4-2-12-33-26(30)31;3-2(4,5)1(6)7/h1,3,5-8,11,14,18-20H,2,4,9-10,12-13H2,(H3,27,28)(H2,29,38)(H,34,40)(H,35,39)(H,36,37)(H4,30,31,33);(H,6,7)/t18?,19-,20-;/m0./s1. The van der Waals surface area contributed by atoms with Crippen molar-refractivity contribution in [3.8, 4) is 0 Å². The number of aromatic nitrogens is 1. The second kappa shape index (κ2) is 18.9. The second-order valence-electron chi connectivity index (χ2n) is 9.86. The maximum Gasteiger partial charge on any atom is 0.490 e. The van der Waals surface area contributed by atoms with Gasteiger partial charge in [-0.25, -0.2) is 4.79 Å². The molecule has 47 heavy (non-hydrogen) atoms. The van der Waals surface area contributed by atoms with Gasteiger partial charge in [0.25, 0.3) is 0 Å². The minimum Gasteiger partial charge on any atom is -0.481 e. The van der Waals surface area contributed by atoms with E-state index in [0.717, 1.165) is 5.56 Å². The molecule has 13 N–H and O–H groups in total. The van der Waals surface area contributed by atoms with Gasteiger partial charge >= 0.3 is 18.1 Å². The van der Waals surface area contributed by atoms with Crippen molar-refractivity contribution in [2.75, 3.05) is 6.54 Å². The number of amidine groups is 1. The topological polar surface area (TPSA) is 303 Å². The van der Waals surface area contributed by atoms with Gasteiger partial charge in [0.1, 0.15) is 17.9 Å². The van der Waals surface area contributed by atoms with Crippen LogP contribution in [0.25, 0.3) is 0 Å². The van der Waals surface area contributed by atoms with E-state index in [4.69, 9.17) is 38.2 Å². The number of primary amides is 1. The molecule has 0 fully saturated rings. The molecule has 0 saturated carbocycles. The fraction of sp³-hybridized carbons (Fsp3) is 0.357. The van der Waals surface area contributed by atoms with Crippen molar-refractivity contribution < 1.29 is 47.4 Å². The predicted octanol–water partition coefficient (Wildman–Crippen LogP) is -0.301. The SMILES string of the molecule is N=C(N)c1ccc(CC(C(=O)N[C@@H](CCC(=O)O)C(=O)N[C@@H](CCCN=C(N)N)C(N)=O)c2cccnc2)cc1.O=C(O)C(F)(F)F. The number of aliphatic imine (C=N–C) groups is 1. The number of hydrogen-bond acceptors (Lipinski definition) is 8. The summed E-state index contributed by atoms with van der Waals surface area (Å²) in [6, 6.07) is 7.84. The zero-order chi connectivity index (χ0) is 35.7. The first-order valence-corrected chi connectivity index (χ1v) is 13.7. The number of carbonyl (C=O) groups is 5. The maximum absolute atomic E-state index is 13.5. The quantitative estimate of drug-likeness (QED) is 0.0636.